The molecule has 1 fully saturated rings. The normalized spacial score (nSPS) is 23.6. The lowest BCUT2D eigenvalue weighted by atomic mass is 9.92. The van der Waals surface area contributed by atoms with E-state index >= 15 is 0 Å². The van der Waals surface area contributed by atoms with E-state index in [0.29, 0.717) is 11.7 Å². The standard InChI is InChI=1S/C15H24O/c16-15(12-13-8-6-7-9-13)14-10-4-2-1-3-5-11-14/h10,13H,1-9,11-12H2. The molecular weight excluding hydrogens is 196 g/mol. The number of carbonyl (C=O) groups excluding carboxylic acids is 1. The number of rotatable bonds is 3. The predicted molar refractivity (Wildman–Crippen MR) is 67.4 cm³/mol. The molecule has 0 unspecified atom stereocenters. The molecule has 0 aromatic heterocycles. The fourth-order valence-corrected chi connectivity index (χ4v) is 3.05. The average molecular weight is 220 g/mol. The average Bonchev–Trinajstić information content (AvgIpc) is 2.69. The SMILES string of the molecule is O=C(CC1CCCC1)C1=CCCCCCC1. The van der Waals surface area contributed by atoms with Crippen LogP contribution in [-0.4, -0.2) is 5.78 Å². The lowest BCUT2D eigenvalue weighted by Gasteiger charge is -2.13. The van der Waals surface area contributed by atoms with Crippen molar-refractivity contribution in [1.82, 2.24) is 0 Å². The van der Waals surface area contributed by atoms with E-state index in [4.69, 9.17) is 0 Å². The van der Waals surface area contributed by atoms with Crippen LogP contribution in [0.3, 0.4) is 0 Å². The second-order valence-corrected chi connectivity index (χ2v) is 5.46. The maximum atomic E-state index is 12.2. The smallest absolute Gasteiger partial charge is 0.158 e. The monoisotopic (exact) mass is 220 g/mol. The number of ketones is 1. The Labute approximate surface area is 99.3 Å². The Bertz CT molecular complexity index is 259. The molecule has 2 aliphatic rings. The summed E-state index contributed by atoms with van der Waals surface area (Å²) in [6.45, 7) is 0. The predicted octanol–water partition coefficient (Wildman–Crippen LogP) is 4.42. The molecular formula is C15H24O. The minimum absolute atomic E-state index is 0.466. The molecule has 0 spiro atoms. The first-order valence-corrected chi connectivity index (χ1v) is 7.08. The molecule has 16 heavy (non-hydrogen) atoms. The van der Waals surface area contributed by atoms with Crippen molar-refractivity contribution >= 4 is 5.78 Å². The van der Waals surface area contributed by atoms with Crippen LogP contribution in [-0.2, 0) is 4.79 Å². The molecule has 0 aromatic rings. The van der Waals surface area contributed by atoms with Gasteiger partial charge in [0.2, 0.25) is 0 Å². The Kier molecular flexibility index (Phi) is 4.62. The van der Waals surface area contributed by atoms with E-state index in [-0.39, 0.29) is 0 Å². The van der Waals surface area contributed by atoms with Gasteiger partial charge >= 0.3 is 0 Å². The second kappa shape index (κ2) is 6.22. The third-order valence-electron chi connectivity index (χ3n) is 4.10. The number of carbonyl (C=O) groups is 1. The Morgan fingerprint density at radius 1 is 1.06 bits per heavy atom. The van der Waals surface area contributed by atoms with E-state index in [1.807, 2.05) is 0 Å². The van der Waals surface area contributed by atoms with Crippen molar-refractivity contribution in [2.24, 2.45) is 5.92 Å². The van der Waals surface area contributed by atoms with Crippen molar-refractivity contribution in [1.29, 1.82) is 0 Å². The van der Waals surface area contributed by atoms with E-state index in [2.05, 4.69) is 6.08 Å². The van der Waals surface area contributed by atoms with Crippen LogP contribution in [0.2, 0.25) is 0 Å². The third-order valence-corrected chi connectivity index (χ3v) is 4.10. The maximum absolute atomic E-state index is 12.2. The van der Waals surface area contributed by atoms with Gasteiger partial charge in [-0.25, -0.2) is 0 Å². The summed E-state index contributed by atoms with van der Waals surface area (Å²) >= 11 is 0. The van der Waals surface area contributed by atoms with Gasteiger partial charge in [0, 0.05) is 6.42 Å². The molecule has 1 heteroatoms. The molecule has 0 aromatic carbocycles. The lowest BCUT2D eigenvalue weighted by Crippen LogP contribution is -2.09. The molecule has 0 atom stereocenters. The van der Waals surface area contributed by atoms with Crippen LogP contribution in [0.4, 0.5) is 0 Å². The first kappa shape index (κ1) is 11.9. The van der Waals surface area contributed by atoms with Gasteiger partial charge in [-0.3, -0.25) is 4.79 Å². The Hall–Kier alpha value is -0.590. The van der Waals surface area contributed by atoms with Gasteiger partial charge in [0.05, 0.1) is 0 Å². The first-order chi connectivity index (χ1) is 7.86. The van der Waals surface area contributed by atoms with Crippen molar-refractivity contribution in [2.45, 2.75) is 70.6 Å². The molecule has 0 aliphatic heterocycles. The van der Waals surface area contributed by atoms with Gasteiger partial charge in [0.15, 0.2) is 5.78 Å². The molecule has 1 saturated carbocycles. The zero-order valence-electron chi connectivity index (χ0n) is 10.3. The Morgan fingerprint density at radius 2 is 1.81 bits per heavy atom. The summed E-state index contributed by atoms with van der Waals surface area (Å²) in [5.41, 5.74) is 1.16. The zero-order valence-corrected chi connectivity index (χ0v) is 10.3. The summed E-state index contributed by atoms with van der Waals surface area (Å²) in [7, 11) is 0. The molecule has 0 N–H and O–H groups in total. The number of hydrogen-bond donors (Lipinski definition) is 0. The number of allylic oxidation sites excluding steroid dienone is 2. The highest BCUT2D eigenvalue weighted by atomic mass is 16.1. The summed E-state index contributed by atoms with van der Waals surface area (Å²) in [5, 5.41) is 0. The van der Waals surface area contributed by atoms with Crippen molar-refractivity contribution in [2.75, 3.05) is 0 Å². The summed E-state index contributed by atoms with van der Waals surface area (Å²) in [4.78, 5) is 12.2. The summed E-state index contributed by atoms with van der Waals surface area (Å²) < 4.78 is 0. The molecule has 2 aliphatic carbocycles. The van der Waals surface area contributed by atoms with Crippen molar-refractivity contribution in [3.05, 3.63) is 11.6 Å². The molecule has 90 valence electrons. The third kappa shape index (κ3) is 3.47. The van der Waals surface area contributed by atoms with Crippen LogP contribution in [0.1, 0.15) is 70.6 Å². The molecule has 0 heterocycles. The fourth-order valence-electron chi connectivity index (χ4n) is 3.05. The fraction of sp³-hybridized carbons (Fsp3) is 0.800. The van der Waals surface area contributed by atoms with Gasteiger partial charge in [-0.05, 0) is 37.2 Å². The van der Waals surface area contributed by atoms with Crippen molar-refractivity contribution < 1.29 is 4.79 Å². The lowest BCUT2D eigenvalue weighted by molar-refractivity contribution is -0.116. The molecule has 0 radical (unpaired) electrons. The van der Waals surface area contributed by atoms with Gasteiger partial charge in [-0.1, -0.05) is 44.6 Å². The Morgan fingerprint density at radius 3 is 2.62 bits per heavy atom. The van der Waals surface area contributed by atoms with Crippen molar-refractivity contribution in [3.8, 4) is 0 Å². The van der Waals surface area contributed by atoms with Gasteiger partial charge < -0.3 is 0 Å². The van der Waals surface area contributed by atoms with E-state index in [0.717, 1.165) is 24.8 Å². The molecule has 0 bridgehead atoms. The van der Waals surface area contributed by atoms with Gasteiger partial charge in [0.25, 0.3) is 0 Å². The largest absolute Gasteiger partial charge is 0.295 e. The summed E-state index contributed by atoms with van der Waals surface area (Å²) in [5.74, 6) is 1.17. The quantitative estimate of drug-likeness (QED) is 0.688. The van der Waals surface area contributed by atoms with E-state index in [1.54, 1.807) is 0 Å². The van der Waals surface area contributed by atoms with Crippen LogP contribution >= 0.6 is 0 Å². The highest BCUT2D eigenvalue weighted by Crippen LogP contribution is 2.29. The molecule has 0 amide bonds. The second-order valence-electron chi connectivity index (χ2n) is 5.46. The van der Waals surface area contributed by atoms with Crippen LogP contribution in [0.25, 0.3) is 0 Å². The van der Waals surface area contributed by atoms with Gasteiger partial charge in [0.1, 0.15) is 0 Å². The van der Waals surface area contributed by atoms with Crippen LogP contribution in [0.5, 0.6) is 0 Å². The first-order valence-electron chi connectivity index (χ1n) is 7.08. The van der Waals surface area contributed by atoms with Crippen LogP contribution in [0.15, 0.2) is 11.6 Å². The van der Waals surface area contributed by atoms with Gasteiger partial charge in [-0.15, -0.1) is 0 Å². The highest BCUT2D eigenvalue weighted by Gasteiger charge is 2.20. The number of hydrogen-bond acceptors (Lipinski definition) is 1. The molecule has 0 saturated heterocycles. The van der Waals surface area contributed by atoms with Crippen molar-refractivity contribution in [3.63, 3.8) is 0 Å². The van der Waals surface area contributed by atoms with E-state index in [1.165, 1.54) is 51.4 Å². The highest BCUT2D eigenvalue weighted by molar-refractivity contribution is 5.95. The summed E-state index contributed by atoms with van der Waals surface area (Å²) in [6.07, 6.45) is 15.7. The molecule has 2 rings (SSSR count). The summed E-state index contributed by atoms with van der Waals surface area (Å²) in [6, 6.07) is 0. The van der Waals surface area contributed by atoms with E-state index in [9.17, 15) is 4.79 Å². The zero-order chi connectivity index (χ0) is 11.2. The maximum Gasteiger partial charge on any atom is 0.158 e. The minimum atomic E-state index is 0.466. The molecule has 1 nitrogen and oxygen atoms in total. The van der Waals surface area contributed by atoms with Gasteiger partial charge in [-0.2, -0.15) is 0 Å². The topological polar surface area (TPSA) is 17.1 Å². The number of Topliss-reactive ketones (excluding diaryl/α,β-unsaturated/α-hetero) is 1. The minimum Gasteiger partial charge on any atom is -0.295 e. The van der Waals surface area contributed by atoms with Crippen LogP contribution < -0.4 is 0 Å². The van der Waals surface area contributed by atoms with Crippen LogP contribution in [0, 0.1) is 5.92 Å². The van der Waals surface area contributed by atoms with E-state index < -0.39 is 0 Å². The Balaban J connectivity index is 1.85.